The molecule has 0 aliphatic carbocycles. The molecule has 1 aromatic heterocycles. The van der Waals surface area contributed by atoms with Gasteiger partial charge in [0.05, 0.1) is 34.8 Å². The lowest BCUT2D eigenvalue weighted by Crippen LogP contribution is -2.05. The average Bonchev–Trinajstić information content (AvgIpc) is 2.70. The van der Waals surface area contributed by atoms with E-state index in [4.69, 9.17) is 4.74 Å². The van der Waals surface area contributed by atoms with Crippen molar-refractivity contribution in [3.63, 3.8) is 0 Å². The highest BCUT2D eigenvalue weighted by atomic mass is 16.5. The van der Waals surface area contributed by atoms with Crippen LogP contribution in [0.25, 0.3) is 22.1 Å². The Bertz CT molecular complexity index is 1220. The molecule has 0 radical (unpaired) electrons. The predicted molar refractivity (Wildman–Crippen MR) is 110 cm³/mol. The van der Waals surface area contributed by atoms with Crippen LogP contribution in [-0.2, 0) is 11.3 Å². The molecule has 0 aliphatic rings. The van der Waals surface area contributed by atoms with Crippen LogP contribution in [-0.4, -0.2) is 26.2 Å². The number of nitrogens with zero attached hydrogens (tertiary/aromatic N) is 2. The maximum absolute atomic E-state index is 11.5. The van der Waals surface area contributed by atoms with Crippen molar-refractivity contribution in [2.45, 2.75) is 26.6 Å². The summed E-state index contributed by atoms with van der Waals surface area (Å²) in [5.74, 6) is -0.822. The number of fused-ring (bicyclic) bond motifs is 2. The van der Waals surface area contributed by atoms with E-state index in [0.717, 1.165) is 16.7 Å². The van der Waals surface area contributed by atoms with Crippen LogP contribution >= 0.6 is 0 Å². The molecule has 0 saturated heterocycles. The Hall–Kier alpha value is -3.51. The zero-order chi connectivity index (χ0) is 20.5. The van der Waals surface area contributed by atoms with Gasteiger partial charge in [-0.2, -0.15) is 0 Å². The number of carboxylic acids is 1. The highest BCUT2D eigenvalue weighted by molar-refractivity contribution is 6.02. The van der Waals surface area contributed by atoms with Gasteiger partial charge < -0.3 is 14.9 Å². The van der Waals surface area contributed by atoms with Crippen LogP contribution in [0.1, 0.15) is 40.1 Å². The molecule has 3 aromatic carbocycles. The minimum atomic E-state index is -1.03. The van der Waals surface area contributed by atoms with Gasteiger partial charge >= 0.3 is 5.97 Å². The lowest BCUT2D eigenvalue weighted by atomic mass is 10.1. The minimum absolute atomic E-state index is 0.127. The molecule has 0 saturated carbocycles. The second-order valence-electron chi connectivity index (χ2n) is 6.94. The van der Waals surface area contributed by atoms with Crippen molar-refractivity contribution >= 4 is 28.0 Å². The summed E-state index contributed by atoms with van der Waals surface area (Å²) in [5, 5.41) is 19.5. The van der Waals surface area contributed by atoms with Crippen molar-refractivity contribution < 1.29 is 19.7 Å². The first-order chi connectivity index (χ1) is 14.0. The first-order valence-corrected chi connectivity index (χ1v) is 9.27. The topological polar surface area (TPSA) is 92.5 Å². The van der Waals surface area contributed by atoms with Crippen molar-refractivity contribution in [2.24, 2.45) is 0 Å². The number of benzene rings is 3. The average molecular weight is 388 g/mol. The number of aryl methyl sites for hydroxylation is 1. The van der Waals surface area contributed by atoms with Gasteiger partial charge in [0.15, 0.2) is 0 Å². The molecule has 0 bridgehead atoms. The number of phenolic OH excluding ortho intramolecular Hbond substituents is 1. The summed E-state index contributed by atoms with van der Waals surface area (Å²) >= 11 is 0. The Labute approximate surface area is 167 Å². The number of aromatic carboxylic acids is 1. The molecule has 1 unspecified atom stereocenters. The van der Waals surface area contributed by atoms with Crippen LogP contribution < -0.4 is 0 Å². The molecule has 1 atom stereocenters. The number of hydrogen-bond acceptors (Lipinski definition) is 5. The first kappa shape index (κ1) is 18.8. The normalized spacial score (nSPS) is 12.3. The molecule has 4 rings (SSSR count). The standard InChI is InChI=1S/C23H20N2O4/c1-13-6-3-11-20(26)17(13)12-29-14(2)15-7-4-9-18-21(15)24-19-10-5-8-16(23(27)28)22(19)25-18/h3-11,14,26H,12H2,1-2H3,(H,27,28). The third-order valence-corrected chi connectivity index (χ3v) is 5.06. The van der Waals surface area contributed by atoms with Crippen LogP contribution in [0.2, 0.25) is 0 Å². The van der Waals surface area contributed by atoms with Crippen molar-refractivity contribution in [1.82, 2.24) is 9.97 Å². The van der Waals surface area contributed by atoms with Gasteiger partial charge in [-0.05, 0) is 43.7 Å². The van der Waals surface area contributed by atoms with Crippen molar-refractivity contribution in [1.29, 1.82) is 0 Å². The Balaban J connectivity index is 1.73. The smallest absolute Gasteiger partial charge is 0.337 e. The van der Waals surface area contributed by atoms with Crippen LogP contribution in [0.3, 0.4) is 0 Å². The Morgan fingerprint density at radius 3 is 2.38 bits per heavy atom. The van der Waals surface area contributed by atoms with E-state index in [1.165, 1.54) is 6.07 Å². The fraction of sp³-hybridized carbons (Fsp3) is 0.174. The van der Waals surface area contributed by atoms with E-state index in [1.807, 2.05) is 38.1 Å². The van der Waals surface area contributed by atoms with E-state index in [9.17, 15) is 15.0 Å². The highest BCUT2D eigenvalue weighted by Gasteiger charge is 2.16. The SMILES string of the molecule is Cc1cccc(O)c1COC(C)c1cccc2nc3c(C(=O)O)cccc3nc12. The van der Waals surface area contributed by atoms with Gasteiger partial charge in [0, 0.05) is 11.1 Å². The summed E-state index contributed by atoms with van der Waals surface area (Å²) in [7, 11) is 0. The summed E-state index contributed by atoms with van der Waals surface area (Å²) in [6.45, 7) is 4.11. The van der Waals surface area contributed by atoms with E-state index in [1.54, 1.807) is 24.3 Å². The summed E-state index contributed by atoms with van der Waals surface area (Å²) in [4.78, 5) is 20.7. The van der Waals surface area contributed by atoms with Gasteiger partial charge in [0.1, 0.15) is 11.3 Å². The number of phenols is 1. The van der Waals surface area contributed by atoms with Crippen molar-refractivity contribution in [3.05, 3.63) is 76.9 Å². The molecule has 146 valence electrons. The minimum Gasteiger partial charge on any atom is -0.508 e. The molecular formula is C23H20N2O4. The Morgan fingerprint density at radius 2 is 1.66 bits per heavy atom. The second kappa shape index (κ2) is 7.48. The van der Waals surface area contributed by atoms with Gasteiger partial charge in [-0.1, -0.05) is 30.3 Å². The van der Waals surface area contributed by atoms with E-state index in [2.05, 4.69) is 9.97 Å². The lowest BCUT2D eigenvalue weighted by Gasteiger charge is -2.17. The van der Waals surface area contributed by atoms with Crippen LogP contribution in [0.5, 0.6) is 5.75 Å². The third kappa shape index (κ3) is 3.50. The van der Waals surface area contributed by atoms with Gasteiger partial charge in [0.2, 0.25) is 0 Å². The lowest BCUT2D eigenvalue weighted by molar-refractivity contribution is 0.0519. The Kier molecular flexibility index (Phi) is 4.86. The van der Waals surface area contributed by atoms with E-state index >= 15 is 0 Å². The number of aromatic hydroxyl groups is 1. The third-order valence-electron chi connectivity index (χ3n) is 5.06. The fourth-order valence-corrected chi connectivity index (χ4v) is 3.41. The largest absolute Gasteiger partial charge is 0.508 e. The molecule has 0 fully saturated rings. The summed E-state index contributed by atoms with van der Waals surface area (Å²) in [6, 6.07) is 15.9. The van der Waals surface area contributed by atoms with Gasteiger partial charge in [-0.3, -0.25) is 0 Å². The fourth-order valence-electron chi connectivity index (χ4n) is 3.41. The maximum atomic E-state index is 11.5. The first-order valence-electron chi connectivity index (χ1n) is 9.27. The predicted octanol–water partition coefficient (Wildman–Crippen LogP) is 4.77. The zero-order valence-electron chi connectivity index (χ0n) is 16.1. The van der Waals surface area contributed by atoms with Gasteiger partial charge in [-0.25, -0.2) is 14.8 Å². The van der Waals surface area contributed by atoms with E-state index in [-0.39, 0.29) is 24.0 Å². The summed E-state index contributed by atoms with van der Waals surface area (Å²) in [5.41, 5.74) is 4.86. The molecule has 2 N–H and O–H groups in total. The number of aromatic nitrogens is 2. The molecule has 4 aromatic rings. The van der Waals surface area contributed by atoms with Crippen LogP contribution in [0.4, 0.5) is 0 Å². The summed E-state index contributed by atoms with van der Waals surface area (Å²) in [6.07, 6.45) is -0.299. The molecule has 1 heterocycles. The highest BCUT2D eigenvalue weighted by Crippen LogP contribution is 2.29. The van der Waals surface area contributed by atoms with Crippen LogP contribution in [0, 0.1) is 6.92 Å². The van der Waals surface area contributed by atoms with Crippen molar-refractivity contribution in [2.75, 3.05) is 0 Å². The molecule has 29 heavy (non-hydrogen) atoms. The van der Waals surface area contributed by atoms with Gasteiger partial charge in [-0.15, -0.1) is 0 Å². The summed E-state index contributed by atoms with van der Waals surface area (Å²) < 4.78 is 6.04. The second-order valence-corrected chi connectivity index (χ2v) is 6.94. The molecule has 0 spiro atoms. The molecule has 0 aliphatic heterocycles. The number of rotatable bonds is 5. The van der Waals surface area contributed by atoms with Crippen LogP contribution in [0.15, 0.2) is 54.6 Å². The molecule has 6 nitrogen and oxygen atoms in total. The molecule has 6 heteroatoms. The monoisotopic (exact) mass is 388 g/mol. The number of para-hydroxylation sites is 2. The number of hydrogen-bond donors (Lipinski definition) is 2. The quantitative estimate of drug-likeness (QED) is 0.478. The zero-order valence-corrected chi connectivity index (χ0v) is 16.1. The van der Waals surface area contributed by atoms with E-state index < -0.39 is 5.97 Å². The number of ether oxygens (including phenoxy) is 1. The molecule has 0 amide bonds. The van der Waals surface area contributed by atoms with Gasteiger partial charge in [0.25, 0.3) is 0 Å². The van der Waals surface area contributed by atoms with Crippen molar-refractivity contribution in [3.8, 4) is 5.75 Å². The maximum Gasteiger partial charge on any atom is 0.337 e. The number of carbonyl (C=O) groups is 1. The Morgan fingerprint density at radius 1 is 1.00 bits per heavy atom. The molecular weight excluding hydrogens is 368 g/mol. The number of carboxylic acid groups (broad SMARTS) is 1. The van der Waals surface area contributed by atoms with E-state index in [0.29, 0.717) is 22.1 Å².